The number of carbonyl (C=O) groups excluding carboxylic acids is 1. The zero-order chi connectivity index (χ0) is 10.5. The van der Waals surface area contributed by atoms with E-state index in [-0.39, 0.29) is 7.33 Å². The van der Waals surface area contributed by atoms with Gasteiger partial charge in [0.2, 0.25) is 5.91 Å². The van der Waals surface area contributed by atoms with Crippen LogP contribution in [-0.2, 0) is 4.79 Å². The summed E-state index contributed by atoms with van der Waals surface area (Å²) in [6.45, 7) is 6.31. The van der Waals surface area contributed by atoms with E-state index in [9.17, 15) is 4.79 Å². The molecule has 0 heterocycles. The van der Waals surface area contributed by atoms with Crippen LogP contribution in [0.25, 0.3) is 0 Å². The molecule has 2 heteroatoms. The molecule has 0 fully saturated rings. The maximum Gasteiger partial charge on any atom is 0.219 e. The molecule has 13 heavy (non-hydrogen) atoms. The first kappa shape index (κ1) is 15.0. The van der Waals surface area contributed by atoms with Crippen molar-refractivity contribution in [2.24, 2.45) is 0 Å². The monoisotopic (exact) mass is 189 g/mol. The van der Waals surface area contributed by atoms with Gasteiger partial charge in [0.1, 0.15) is 0 Å². The number of hydrogen-bond donors (Lipinski definition) is 1. The second kappa shape index (κ2) is 14.0. The minimum Gasteiger partial charge on any atom is -0.359 e. The summed E-state index contributed by atoms with van der Waals surface area (Å²) in [7, 11) is 1.63. The molecule has 0 spiro atoms. The molecule has 1 N–H and O–H groups in total. The fourth-order valence-corrected chi connectivity index (χ4v) is 0.854. The van der Waals surface area contributed by atoms with Crippen LogP contribution in [0.2, 0.25) is 0 Å². The normalized spacial score (nSPS) is 8.62. The highest BCUT2D eigenvalue weighted by molar-refractivity contribution is 5.74. The Hall–Kier alpha value is -0.530. The number of carbonyl (C=O) groups is 1. The Morgan fingerprint density at radius 1 is 1.08 bits per heavy atom. The molecule has 0 saturated carbocycles. The largest absolute Gasteiger partial charge is 0.359 e. The first-order valence-corrected chi connectivity index (χ1v) is 5.43. The van der Waals surface area contributed by atoms with E-state index in [0.717, 1.165) is 0 Å². The molecule has 0 aliphatic heterocycles. The lowest BCUT2D eigenvalue weighted by Gasteiger charge is -1.90. The molecule has 0 aromatic heterocycles. The van der Waals surface area contributed by atoms with Gasteiger partial charge in [0.25, 0.3) is 0 Å². The molecule has 0 aromatic rings. The van der Waals surface area contributed by atoms with E-state index in [1.807, 2.05) is 6.92 Å². The van der Waals surface area contributed by atoms with Gasteiger partial charge in [-0.1, -0.05) is 52.9 Å². The van der Waals surface area contributed by atoms with Gasteiger partial charge in [-0.15, -0.1) is 0 Å². The molecule has 0 unspecified atom stereocenters. The molecule has 0 rings (SSSR count). The lowest BCUT2D eigenvalue weighted by Crippen LogP contribution is -2.15. The molecule has 0 saturated heterocycles. The molecule has 0 aliphatic rings. The zero-order valence-corrected chi connectivity index (χ0v) is 9.65. The van der Waals surface area contributed by atoms with Gasteiger partial charge in [0.15, 0.2) is 0 Å². The molecule has 82 valence electrons. The van der Waals surface area contributed by atoms with Crippen LogP contribution in [0.15, 0.2) is 0 Å². The van der Waals surface area contributed by atoms with E-state index in [1.54, 1.807) is 7.05 Å². The Morgan fingerprint density at radius 3 is 1.69 bits per heavy atom. The average Bonchev–Trinajstić information content (AvgIpc) is 2.18. The fourth-order valence-electron chi connectivity index (χ4n) is 0.854. The van der Waals surface area contributed by atoms with Crippen molar-refractivity contribution in [3.05, 3.63) is 0 Å². The van der Waals surface area contributed by atoms with Crippen molar-refractivity contribution in [1.82, 2.24) is 5.32 Å². The highest BCUT2D eigenvalue weighted by atomic mass is 16.1. The predicted octanol–water partition coefficient (Wildman–Crippen LogP) is 3.37. The van der Waals surface area contributed by atoms with Gasteiger partial charge in [-0.25, -0.2) is 0 Å². The van der Waals surface area contributed by atoms with Crippen molar-refractivity contribution in [3.8, 4) is 0 Å². The average molecular weight is 189 g/mol. The third-order valence-corrected chi connectivity index (χ3v) is 1.81. The summed E-state index contributed by atoms with van der Waals surface area (Å²) in [5, 5.41) is 2.48. The topological polar surface area (TPSA) is 29.1 Å². The number of nitrogens with one attached hydrogen (secondary N) is 1. The van der Waals surface area contributed by atoms with E-state index in [1.165, 1.54) is 32.1 Å². The van der Waals surface area contributed by atoms with Gasteiger partial charge in [-0.2, -0.15) is 0 Å². The van der Waals surface area contributed by atoms with Crippen LogP contribution in [0.4, 0.5) is 0 Å². The maximum absolute atomic E-state index is 10.1. The second-order valence-electron chi connectivity index (χ2n) is 3.09. The smallest absolute Gasteiger partial charge is 0.219 e. The minimum absolute atomic E-state index is 0. The summed E-state index contributed by atoms with van der Waals surface area (Å²) in [6.07, 6.45) is 7.59. The minimum atomic E-state index is 0. The lowest BCUT2D eigenvalue weighted by molar-refractivity contribution is -0.120. The first-order chi connectivity index (χ1) is 6.22. The Kier molecular flexibility index (Phi) is 16.1. The summed E-state index contributed by atoms with van der Waals surface area (Å²) >= 11 is 0. The van der Waals surface area contributed by atoms with Crippen molar-refractivity contribution >= 4 is 5.91 Å². The van der Waals surface area contributed by atoms with E-state index in [4.69, 9.17) is 0 Å². The molecule has 0 aliphatic carbocycles. The molecular weight excluding hydrogens is 162 g/mol. The molecule has 0 atom stereocenters. The molecular formula is C11H27NO. The standard InChI is InChI=1S/C7H16.C4H9NO.H2/c1-3-5-7-6-4-2;1-3-4(6)5-2;/h3-7H2,1-2H3;3H2,1-2H3,(H,5,6);1H. The highest BCUT2D eigenvalue weighted by Crippen LogP contribution is 2.00. The Bertz CT molecular complexity index is 97.5. The third-order valence-electron chi connectivity index (χ3n) is 1.81. The fraction of sp³-hybridized carbons (Fsp3) is 0.909. The van der Waals surface area contributed by atoms with E-state index < -0.39 is 0 Å². The summed E-state index contributed by atoms with van der Waals surface area (Å²) in [5.74, 6) is 0.0926. The van der Waals surface area contributed by atoms with Crippen LogP contribution in [-0.4, -0.2) is 13.0 Å². The van der Waals surface area contributed by atoms with Crippen LogP contribution in [0.3, 0.4) is 0 Å². The summed E-state index contributed by atoms with van der Waals surface area (Å²) in [5.41, 5.74) is 0. The van der Waals surface area contributed by atoms with Crippen molar-refractivity contribution in [2.45, 2.75) is 59.3 Å². The van der Waals surface area contributed by atoms with Gasteiger partial charge in [0, 0.05) is 14.9 Å². The van der Waals surface area contributed by atoms with Crippen LogP contribution in [0.1, 0.15) is 60.7 Å². The van der Waals surface area contributed by atoms with Crippen LogP contribution >= 0.6 is 0 Å². The van der Waals surface area contributed by atoms with Crippen LogP contribution < -0.4 is 5.32 Å². The van der Waals surface area contributed by atoms with Crippen LogP contribution in [0.5, 0.6) is 0 Å². The van der Waals surface area contributed by atoms with Crippen molar-refractivity contribution in [2.75, 3.05) is 7.05 Å². The maximum atomic E-state index is 10.1. The quantitative estimate of drug-likeness (QED) is 0.660. The Morgan fingerprint density at radius 2 is 1.54 bits per heavy atom. The second-order valence-corrected chi connectivity index (χ2v) is 3.09. The summed E-state index contributed by atoms with van der Waals surface area (Å²) < 4.78 is 0. The van der Waals surface area contributed by atoms with E-state index in [0.29, 0.717) is 6.42 Å². The third kappa shape index (κ3) is 18.4. The van der Waals surface area contributed by atoms with E-state index in [2.05, 4.69) is 19.2 Å². The number of rotatable bonds is 5. The SMILES string of the molecule is CCC(=O)NC.CCCCCCC.[HH]. The Labute approximate surface area is 84.6 Å². The lowest BCUT2D eigenvalue weighted by atomic mass is 10.2. The molecule has 0 aromatic carbocycles. The van der Waals surface area contributed by atoms with Gasteiger partial charge in [-0.05, 0) is 0 Å². The zero-order valence-electron chi connectivity index (χ0n) is 9.65. The van der Waals surface area contributed by atoms with Gasteiger partial charge >= 0.3 is 0 Å². The van der Waals surface area contributed by atoms with E-state index >= 15 is 0 Å². The van der Waals surface area contributed by atoms with Gasteiger partial charge in [0.05, 0.1) is 0 Å². The summed E-state index contributed by atoms with van der Waals surface area (Å²) in [6, 6.07) is 0. The van der Waals surface area contributed by atoms with Crippen molar-refractivity contribution < 1.29 is 6.22 Å². The highest BCUT2D eigenvalue weighted by Gasteiger charge is 1.84. The first-order valence-electron chi connectivity index (χ1n) is 5.43. The number of unbranched alkanes of at least 4 members (excludes halogenated alkanes) is 4. The van der Waals surface area contributed by atoms with Crippen molar-refractivity contribution in [3.63, 3.8) is 0 Å². The predicted molar refractivity (Wildman–Crippen MR) is 60.9 cm³/mol. The van der Waals surface area contributed by atoms with Gasteiger partial charge in [-0.3, -0.25) is 4.79 Å². The van der Waals surface area contributed by atoms with Crippen molar-refractivity contribution in [1.29, 1.82) is 0 Å². The molecule has 0 bridgehead atoms. The Balaban J connectivity index is -0.000000163. The molecule has 1 amide bonds. The van der Waals surface area contributed by atoms with Gasteiger partial charge < -0.3 is 5.32 Å². The summed E-state index contributed by atoms with van der Waals surface area (Å²) in [4.78, 5) is 10.1. The number of amides is 1. The van der Waals surface area contributed by atoms with Crippen LogP contribution in [0, 0.1) is 0 Å². The number of hydrogen-bond acceptors (Lipinski definition) is 1. The molecule has 2 nitrogen and oxygen atoms in total. The molecule has 0 radical (unpaired) electrons.